The molecule has 1 aromatic heterocycles. The number of hydrogen-bond donors (Lipinski definition) is 0. The molecule has 2 aliphatic heterocycles. The third-order valence-electron chi connectivity index (χ3n) is 6.14. The van der Waals surface area contributed by atoms with Crippen molar-refractivity contribution in [3.8, 4) is 0 Å². The number of sulfonamides is 1. The molecule has 150 valence electrons. The highest BCUT2D eigenvalue weighted by atomic mass is 32.2. The van der Waals surface area contributed by atoms with Gasteiger partial charge in [-0.15, -0.1) is 5.10 Å². The fourth-order valence-corrected chi connectivity index (χ4v) is 6.00. The number of hydrogen-bond acceptors (Lipinski definition) is 5. The Hall–Kier alpha value is -1.99. The molecule has 0 aliphatic carbocycles. The van der Waals surface area contributed by atoms with Crippen molar-refractivity contribution in [2.45, 2.75) is 44.4 Å². The Morgan fingerprint density at radius 1 is 1.00 bits per heavy atom. The largest absolute Gasteiger partial charge is 0.355 e. The van der Waals surface area contributed by atoms with Gasteiger partial charge in [0.1, 0.15) is 0 Å². The highest BCUT2D eigenvalue weighted by molar-refractivity contribution is 7.89. The number of rotatable bonds is 4. The summed E-state index contributed by atoms with van der Waals surface area (Å²) in [6.45, 7) is 6.96. The van der Waals surface area contributed by atoms with Crippen LogP contribution in [-0.2, 0) is 16.4 Å². The van der Waals surface area contributed by atoms with E-state index in [0.717, 1.165) is 55.8 Å². The molecule has 1 atom stereocenters. The number of benzene rings is 1. The molecule has 4 rings (SSSR count). The van der Waals surface area contributed by atoms with E-state index in [2.05, 4.69) is 22.0 Å². The maximum Gasteiger partial charge on any atom is 0.243 e. The maximum absolute atomic E-state index is 13.1. The molecule has 2 aromatic rings. The number of piperidine rings is 1. The Bertz CT molecular complexity index is 928. The molecule has 2 aliphatic rings. The van der Waals surface area contributed by atoms with Gasteiger partial charge >= 0.3 is 0 Å². The van der Waals surface area contributed by atoms with Crippen molar-refractivity contribution in [2.75, 3.05) is 31.1 Å². The van der Waals surface area contributed by atoms with Crippen LogP contribution in [0.1, 0.15) is 37.4 Å². The average Bonchev–Trinajstić information content (AvgIpc) is 3.12. The van der Waals surface area contributed by atoms with Gasteiger partial charge in [0.05, 0.1) is 10.6 Å². The van der Waals surface area contributed by atoms with Gasteiger partial charge in [-0.1, -0.05) is 19.1 Å². The summed E-state index contributed by atoms with van der Waals surface area (Å²) < 4.78 is 28.0. The number of aryl methyl sites for hydroxylation is 2. The van der Waals surface area contributed by atoms with Crippen LogP contribution >= 0.6 is 0 Å². The van der Waals surface area contributed by atoms with Gasteiger partial charge in [-0.25, -0.2) is 8.42 Å². The summed E-state index contributed by atoms with van der Waals surface area (Å²) in [7, 11) is -3.44. The average molecular weight is 401 g/mol. The van der Waals surface area contributed by atoms with Crippen molar-refractivity contribution in [3.63, 3.8) is 0 Å². The summed E-state index contributed by atoms with van der Waals surface area (Å²) in [5.41, 5.74) is 2.06. The maximum atomic E-state index is 13.1. The van der Waals surface area contributed by atoms with Crippen LogP contribution in [0.5, 0.6) is 0 Å². The summed E-state index contributed by atoms with van der Waals surface area (Å²) in [6.07, 6.45) is 3.91. The molecule has 7 heteroatoms. The second-order valence-corrected chi connectivity index (χ2v) is 10.1. The highest BCUT2D eigenvalue weighted by Gasteiger charge is 2.45. The van der Waals surface area contributed by atoms with E-state index in [9.17, 15) is 8.42 Å². The topological polar surface area (TPSA) is 66.4 Å². The number of anilines is 1. The molecular formula is C21H28N4O2S. The Labute approximate surface area is 167 Å². The van der Waals surface area contributed by atoms with Crippen molar-refractivity contribution < 1.29 is 8.42 Å². The van der Waals surface area contributed by atoms with Gasteiger partial charge in [-0.2, -0.15) is 9.40 Å². The molecule has 28 heavy (non-hydrogen) atoms. The third-order valence-corrected chi connectivity index (χ3v) is 8.00. The van der Waals surface area contributed by atoms with Gasteiger partial charge in [0, 0.05) is 31.6 Å². The van der Waals surface area contributed by atoms with Gasteiger partial charge in [-0.05, 0) is 62.4 Å². The quantitative estimate of drug-likeness (QED) is 0.789. The van der Waals surface area contributed by atoms with Crippen LogP contribution in [0.3, 0.4) is 0 Å². The third kappa shape index (κ3) is 3.65. The first-order chi connectivity index (χ1) is 13.4. The van der Waals surface area contributed by atoms with E-state index in [-0.39, 0.29) is 5.41 Å². The second-order valence-electron chi connectivity index (χ2n) is 8.14. The molecule has 1 unspecified atom stereocenters. The lowest BCUT2D eigenvalue weighted by Crippen LogP contribution is -2.45. The fraction of sp³-hybridized carbons (Fsp3) is 0.524. The Morgan fingerprint density at radius 3 is 2.46 bits per heavy atom. The summed E-state index contributed by atoms with van der Waals surface area (Å²) in [4.78, 5) is 2.67. The molecule has 6 nitrogen and oxygen atoms in total. The van der Waals surface area contributed by atoms with Crippen LogP contribution in [0.25, 0.3) is 0 Å². The van der Waals surface area contributed by atoms with Crippen molar-refractivity contribution in [2.24, 2.45) is 5.41 Å². The smallest absolute Gasteiger partial charge is 0.243 e. The summed E-state index contributed by atoms with van der Waals surface area (Å²) in [6, 6.07) is 11.3. The molecule has 1 aromatic carbocycles. The van der Waals surface area contributed by atoms with Crippen LogP contribution in [-0.4, -0.2) is 49.1 Å². The first-order valence-electron chi connectivity index (χ1n) is 10.1. The van der Waals surface area contributed by atoms with Crippen LogP contribution in [0.4, 0.5) is 5.82 Å². The normalized spacial score (nSPS) is 23.4. The zero-order valence-electron chi connectivity index (χ0n) is 16.6. The number of aromatic nitrogens is 2. The van der Waals surface area contributed by atoms with Gasteiger partial charge in [0.25, 0.3) is 0 Å². The molecule has 2 fully saturated rings. The monoisotopic (exact) mass is 400 g/mol. The standard InChI is InChI=1S/C21H28N4O2S/c1-3-18-6-8-19(9-7-18)28(26,27)25-14-12-21(16-25)11-4-13-24(15-21)20-10-5-17(2)22-23-20/h5-10H,3-4,11-16H2,1-2H3. The summed E-state index contributed by atoms with van der Waals surface area (Å²) >= 11 is 0. The molecule has 0 saturated carbocycles. The van der Waals surface area contributed by atoms with Crippen molar-refractivity contribution >= 4 is 15.8 Å². The molecule has 0 N–H and O–H groups in total. The molecular weight excluding hydrogens is 372 g/mol. The Morgan fingerprint density at radius 2 is 1.79 bits per heavy atom. The van der Waals surface area contributed by atoms with Gasteiger partial charge in [-0.3, -0.25) is 0 Å². The molecule has 1 spiro atoms. The fourth-order valence-electron chi connectivity index (χ4n) is 4.44. The lowest BCUT2D eigenvalue weighted by atomic mass is 9.79. The SMILES string of the molecule is CCc1ccc(S(=O)(=O)N2CCC3(CCCN(c4ccc(C)nn4)C3)C2)cc1. The van der Waals surface area contributed by atoms with Crippen molar-refractivity contribution in [3.05, 3.63) is 47.7 Å². The summed E-state index contributed by atoms with van der Waals surface area (Å²) in [5, 5.41) is 8.51. The Kier molecular flexibility index (Phi) is 5.14. The van der Waals surface area contributed by atoms with E-state index in [4.69, 9.17) is 0 Å². The molecule has 3 heterocycles. The second kappa shape index (κ2) is 7.44. The molecule has 0 radical (unpaired) electrons. The Balaban J connectivity index is 1.51. The zero-order chi connectivity index (χ0) is 19.8. The minimum absolute atomic E-state index is 0.00124. The minimum Gasteiger partial charge on any atom is -0.355 e. The van der Waals surface area contributed by atoms with Crippen LogP contribution in [0.15, 0.2) is 41.3 Å². The van der Waals surface area contributed by atoms with Crippen LogP contribution in [0.2, 0.25) is 0 Å². The first-order valence-corrected chi connectivity index (χ1v) is 11.5. The van der Waals surface area contributed by atoms with Gasteiger partial charge in [0.2, 0.25) is 10.0 Å². The minimum atomic E-state index is -3.44. The van der Waals surface area contributed by atoms with E-state index in [0.29, 0.717) is 18.0 Å². The summed E-state index contributed by atoms with van der Waals surface area (Å²) in [5.74, 6) is 0.890. The predicted octanol–water partition coefficient (Wildman–Crippen LogP) is 3.03. The first kappa shape index (κ1) is 19.3. The van der Waals surface area contributed by atoms with E-state index in [1.165, 1.54) is 0 Å². The highest BCUT2D eigenvalue weighted by Crippen LogP contribution is 2.41. The van der Waals surface area contributed by atoms with E-state index in [1.807, 2.05) is 31.2 Å². The van der Waals surface area contributed by atoms with E-state index >= 15 is 0 Å². The number of nitrogens with zero attached hydrogens (tertiary/aromatic N) is 4. The zero-order valence-corrected chi connectivity index (χ0v) is 17.5. The lowest BCUT2D eigenvalue weighted by molar-refractivity contribution is 0.246. The van der Waals surface area contributed by atoms with Crippen molar-refractivity contribution in [1.82, 2.24) is 14.5 Å². The molecule has 0 amide bonds. The van der Waals surface area contributed by atoms with Gasteiger partial charge < -0.3 is 4.90 Å². The van der Waals surface area contributed by atoms with Gasteiger partial charge in [0.15, 0.2) is 5.82 Å². The lowest BCUT2D eigenvalue weighted by Gasteiger charge is -2.40. The molecule has 2 saturated heterocycles. The predicted molar refractivity (Wildman–Crippen MR) is 110 cm³/mol. The van der Waals surface area contributed by atoms with Crippen LogP contribution in [0, 0.1) is 12.3 Å². The van der Waals surface area contributed by atoms with E-state index < -0.39 is 10.0 Å². The van der Waals surface area contributed by atoms with Crippen molar-refractivity contribution in [1.29, 1.82) is 0 Å². The molecule has 0 bridgehead atoms. The van der Waals surface area contributed by atoms with Crippen LogP contribution < -0.4 is 4.90 Å². The van der Waals surface area contributed by atoms with E-state index in [1.54, 1.807) is 16.4 Å².